The molecule has 0 unspecified atom stereocenters. The van der Waals surface area contributed by atoms with Crippen molar-refractivity contribution in [3.8, 4) is 0 Å². The van der Waals surface area contributed by atoms with E-state index in [9.17, 15) is 13.2 Å². The van der Waals surface area contributed by atoms with E-state index in [1.807, 2.05) is 0 Å². The number of amides is 1. The molecule has 0 aromatic carbocycles. The lowest BCUT2D eigenvalue weighted by Gasteiger charge is -2.32. The van der Waals surface area contributed by atoms with E-state index in [1.54, 1.807) is 30.3 Å². The highest BCUT2D eigenvalue weighted by Gasteiger charge is 2.25. The van der Waals surface area contributed by atoms with Crippen LogP contribution < -0.4 is 10.0 Å². The fourth-order valence-corrected chi connectivity index (χ4v) is 3.10. The first kappa shape index (κ1) is 16.7. The molecule has 0 bridgehead atoms. The average Bonchev–Trinajstić information content (AvgIpc) is 2.52. The predicted octanol–water partition coefficient (Wildman–Crippen LogP) is 0.525. The second-order valence-corrected chi connectivity index (χ2v) is 7.34. The van der Waals surface area contributed by atoms with Gasteiger partial charge >= 0.3 is 0 Å². The molecule has 22 heavy (non-hydrogen) atoms. The third kappa shape index (κ3) is 4.41. The molecule has 2 heterocycles. The highest BCUT2D eigenvalue weighted by molar-refractivity contribution is 7.88. The molecule has 0 atom stereocenters. The molecule has 1 aliphatic rings. The van der Waals surface area contributed by atoms with Crippen molar-refractivity contribution < 1.29 is 13.2 Å². The summed E-state index contributed by atoms with van der Waals surface area (Å²) in [5, 5.41) is 2.93. The Balaban J connectivity index is 1.92. The molecule has 1 amide bonds. The van der Waals surface area contributed by atoms with Gasteiger partial charge in [0.2, 0.25) is 10.0 Å². The number of carbonyl (C=O) groups excluding carboxylic acids is 1. The number of rotatable bonds is 5. The minimum Gasteiger partial charge on any atom is -0.372 e. The summed E-state index contributed by atoms with van der Waals surface area (Å²) in [7, 11) is -1.41. The third-order valence-electron chi connectivity index (χ3n) is 3.81. The fourth-order valence-electron chi connectivity index (χ4n) is 2.56. The zero-order valence-electron chi connectivity index (χ0n) is 12.9. The van der Waals surface area contributed by atoms with E-state index in [-0.39, 0.29) is 11.8 Å². The van der Waals surface area contributed by atoms with E-state index in [2.05, 4.69) is 15.0 Å². The Morgan fingerprint density at radius 2 is 2.09 bits per heavy atom. The number of nitrogens with one attached hydrogen (secondary N) is 2. The van der Waals surface area contributed by atoms with Crippen LogP contribution in [-0.2, 0) is 10.0 Å². The Labute approximate surface area is 131 Å². The standard InChI is InChI=1S/C14H22N4O3S/c1-15-13-12(4-3-7-16-13)14(19)18-8-5-11(6-9-18)10-17-22(2,20)21/h3-4,7,11,17H,5-6,8-10H2,1-2H3,(H,15,16). The van der Waals surface area contributed by atoms with E-state index in [1.165, 1.54) is 0 Å². The van der Waals surface area contributed by atoms with Crippen molar-refractivity contribution >= 4 is 21.7 Å². The van der Waals surface area contributed by atoms with Gasteiger partial charge in [-0.2, -0.15) is 0 Å². The van der Waals surface area contributed by atoms with Gasteiger partial charge < -0.3 is 10.2 Å². The Hall–Kier alpha value is -1.67. The highest BCUT2D eigenvalue weighted by atomic mass is 32.2. The number of pyridine rings is 1. The van der Waals surface area contributed by atoms with Gasteiger partial charge in [-0.25, -0.2) is 18.1 Å². The monoisotopic (exact) mass is 326 g/mol. The summed E-state index contributed by atoms with van der Waals surface area (Å²) in [6.07, 6.45) is 4.39. The van der Waals surface area contributed by atoms with Crippen LogP contribution in [0, 0.1) is 5.92 Å². The maximum atomic E-state index is 12.5. The zero-order chi connectivity index (χ0) is 16.2. The number of anilines is 1. The van der Waals surface area contributed by atoms with E-state index in [4.69, 9.17) is 0 Å². The summed E-state index contributed by atoms with van der Waals surface area (Å²) in [5.74, 6) is 0.816. The van der Waals surface area contributed by atoms with E-state index < -0.39 is 10.0 Å². The van der Waals surface area contributed by atoms with Crippen molar-refractivity contribution in [2.24, 2.45) is 5.92 Å². The molecule has 1 saturated heterocycles. The molecule has 0 saturated carbocycles. The second kappa shape index (κ2) is 7.06. The van der Waals surface area contributed by atoms with Gasteiger partial charge in [-0.3, -0.25) is 4.79 Å². The zero-order valence-corrected chi connectivity index (χ0v) is 13.7. The molecule has 1 fully saturated rings. The summed E-state index contributed by atoms with van der Waals surface area (Å²) < 4.78 is 24.8. The van der Waals surface area contributed by atoms with Gasteiger partial charge in [0.15, 0.2) is 0 Å². The summed E-state index contributed by atoms with van der Waals surface area (Å²) >= 11 is 0. The maximum Gasteiger partial charge on any atom is 0.257 e. The molecule has 122 valence electrons. The largest absolute Gasteiger partial charge is 0.372 e. The van der Waals surface area contributed by atoms with Crippen molar-refractivity contribution in [3.05, 3.63) is 23.9 Å². The molecule has 1 aromatic heterocycles. The van der Waals surface area contributed by atoms with Crippen LogP contribution in [0.25, 0.3) is 0 Å². The molecule has 0 aliphatic carbocycles. The van der Waals surface area contributed by atoms with Crippen molar-refractivity contribution in [2.45, 2.75) is 12.8 Å². The van der Waals surface area contributed by atoms with Crippen molar-refractivity contribution in [1.82, 2.24) is 14.6 Å². The second-order valence-electron chi connectivity index (χ2n) is 5.51. The maximum absolute atomic E-state index is 12.5. The number of hydrogen-bond donors (Lipinski definition) is 2. The molecule has 1 aromatic rings. The smallest absolute Gasteiger partial charge is 0.257 e. The van der Waals surface area contributed by atoms with Crippen molar-refractivity contribution in [2.75, 3.05) is 38.3 Å². The number of carbonyl (C=O) groups is 1. The number of piperidine rings is 1. The van der Waals surface area contributed by atoms with Crippen molar-refractivity contribution in [1.29, 1.82) is 0 Å². The molecule has 2 N–H and O–H groups in total. The van der Waals surface area contributed by atoms with Gasteiger partial charge in [-0.1, -0.05) is 0 Å². The number of sulfonamides is 1. The van der Waals surface area contributed by atoms with Crippen LogP contribution in [-0.4, -0.2) is 57.1 Å². The number of nitrogens with zero attached hydrogens (tertiary/aromatic N) is 2. The Kier molecular flexibility index (Phi) is 5.36. The molecule has 1 aliphatic heterocycles. The first-order valence-corrected chi connectivity index (χ1v) is 9.16. The van der Waals surface area contributed by atoms with Crippen LogP contribution in [0.3, 0.4) is 0 Å². The lowest BCUT2D eigenvalue weighted by Crippen LogP contribution is -2.41. The molecule has 7 nitrogen and oxygen atoms in total. The van der Waals surface area contributed by atoms with Gasteiger partial charge in [-0.05, 0) is 30.9 Å². The van der Waals surface area contributed by atoms with Gasteiger partial charge in [0, 0.05) is 32.9 Å². The van der Waals surface area contributed by atoms with E-state index >= 15 is 0 Å². The van der Waals surface area contributed by atoms with E-state index in [0.717, 1.165) is 19.1 Å². The minimum absolute atomic E-state index is 0.0352. The SMILES string of the molecule is CNc1ncccc1C(=O)N1CCC(CNS(C)(=O)=O)CC1. The van der Waals surface area contributed by atoms with Gasteiger partial charge in [-0.15, -0.1) is 0 Å². The third-order valence-corrected chi connectivity index (χ3v) is 4.50. The van der Waals surface area contributed by atoms with Crippen LogP contribution in [0.15, 0.2) is 18.3 Å². The molecule has 8 heteroatoms. The summed E-state index contributed by atoms with van der Waals surface area (Å²) in [5.41, 5.74) is 0.567. The number of likely N-dealkylation sites (tertiary alicyclic amines) is 1. The summed E-state index contributed by atoms with van der Waals surface area (Å²) in [4.78, 5) is 18.5. The van der Waals surface area contributed by atoms with Crippen LogP contribution in [0.2, 0.25) is 0 Å². The summed E-state index contributed by atoms with van der Waals surface area (Å²) in [6, 6.07) is 3.51. The van der Waals surface area contributed by atoms with Crippen LogP contribution in [0.5, 0.6) is 0 Å². The van der Waals surface area contributed by atoms with Crippen LogP contribution in [0.1, 0.15) is 23.2 Å². The van der Waals surface area contributed by atoms with Gasteiger partial charge in [0.1, 0.15) is 5.82 Å². The molecule has 2 rings (SSSR count). The van der Waals surface area contributed by atoms with Crippen molar-refractivity contribution in [3.63, 3.8) is 0 Å². The Morgan fingerprint density at radius 1 is 1.41 bits per heavy atom. The number of hydrogen-bond acceptors (Lipinski definition) is 5. The Morgan fingerprint density at radius 3 is 2.68 bits per heavy atom. The molecular weight excluding hydrogens is 304 g/mol. The normalized spacial score (nSPS) is 16.5. The summed E-state index contributed by atoms with van der Waals surface area (Å²) in [6.45, 7) is 1.70. The lowest BCUT2D eigenvalue weighted by atomic mass is 9.96. The number of aromatic nitrogens is 1. The molecule has 0 radical (unpaired) electrons. The van der Waals surface area contributed by atoms with Gasteiger partial charge in [0.25, 0.3) is 5.91 Å². The van der Waals surface area contributed by atoms with E-state index in [0.29, 0.717) is 31.0 Å². The molecular formula is C14H22N4O3S. The highest BCUT2D eigenvalue weighted by Crippen LogP contribution is 2.20. The average molecular weight is 326 g/mol. The first-order chi connectivity index (χ1) is 10.4. The minimum atomic E-state index is -3.15. The van der Waals surface area contributed by atoms with Crippen LogP contribution >= 0.6 is 0 Å². The molecule has 0 spiro atoms. The van der Waals surface area contributed by atoms with Gasteiger partial charge in [0.05, 0.1) is 11.8 Å². The van der Waals surface area contributed by atoms with Crippen LogP contribution in [0.4, 0.5) is 5.82 Å². The first-order valence-electron chi connectivity index (χ1n) is 7.27. The predicted molar refractivity (Wildman–Crippen MR) is 85.3 cm³/mol. The topological polar surface area (TPSA) is 91.4 Å². The quantitative estimate of drug-likeness (QED) is 0.823. The Bertz CT molecular complexity index is 625. The fraction of sp³-hybridized carbons (Fsp3) is 0.571. The lowest BCUT2D eigenvalue weighted by molar-refractivity contribution is 0.0692.